The SMILES string of the molecule is CN1CCN(Cc2ccc(C#N)cc2Nc2nccc(-c3cc(C#N)c4c(c3)[C@@](C)(CO)CN4)n2)CC1. The first-order valence-corrected chi connectivity index (χ1v) is 12.4. The Hall–Kier alpha value is -4.02. The highest BCUT2D eigenvalue weighted by molar-refractivity contribution is 5.76. The van der Waals surface area contributed by atoms with Crippen molar-refractivity contribution in [2.75, 3.05) is 57.0 Å². The molecule has 3 heterocycles. The molecule has 0 spiro atoms. The van der Waals surface area contributed by atoms with Crippen LogP contribution in [0.2, 0.25) is 0 Å². The lowest BCUT2D eigenvalue weighted by molar-refractivity contribution is 0.148. The molecule has 3 aromatic rings. The van der Waals surface area contributed by atoms with Gasteiger partial charge in [0.1, 0.15) is 6.07 Å². The Bertz CT molecular complexity index is 1400. The number of nitrogens with zero attached hydrogens (tertiary/aromatic N) is 6. The lowest BCUT2D eigenvalue weighted by Gasteiger charge is -2.32. The van der Waals surface area contributed by atoms with Crippen LogP contribution in [0.15, 0.2) is 42.6 Å². The van der Waals surface area contributed by atoms with Gasteiger partial charge in [-0.1, -0.05) is 13.0 Å². The zero-order valence-electron chi connectivity index (χ0n) is 21.1. The van der Waals surface area contributed by atoms with Gasteiger partial charge >= 0.3 is 0 Å². The lowest BCUT2D eigenvalue weighted by atomic mass is 9.83. The second-order valence-corrected chi connectivity index (χ2v) is 10.1. The van der Waals surface area contributed by atoms with Gasteiger partial charge in [0.2, 0.25) is 5.95 Å². The van der Waals surface area contributed by atoms with Crippen molar-refractivity contribution >= 4 is 17.3 Å². The number of aliphatic hydroxyl groups is 1. The second-order valence-electron chi connectivity index (χ2n) is 10.1. The van der Waals surface area contributed by atoms with Crippen molar-refractivity contribution in [2.45, 2.75) is 18.9 Å². The minimum absolute atomic E-state index is 0.0246. The van der Waals surface area contributed by atoms with E-state index in [1.54, 1.807) is 6.20 Å². The van der Waals surface area contributed by atoms with E-state index in [4.69, 9.17) is 4.98 Å². The highest BCUT2D eigenvalue weighted by Gasteiger charge is 2.36. The molecule has 2 aromatic carbocycles. The van der Waals surface area contributed by atoms with Crippen molar-refractivity contribution in [3.05, 3.63) is 64.8 Å². The second kappa shape index (κ2) is 10.2. The fraction of sp³-hybridized carbons (Fsp3) is 0.357. The average molecular weight is 495 g/mol. The molecule has 0 bridgehead atoms. The summed E-state index contributed by atoms with van der Waals surface area (Å²) in [5.41, 5.74) is 5.63. The van der Waals surface area contributed by atoms with Crippen molar-refractivity contribution in [1.29, 1.82) is 10.5 Å². The van der Waals surface area contributed by atoms with Gasteiger partial charge in [0.05, 0.1) is 35.2 Å². The Balaban J connectivity index is 1.46. The number of nitrogens with one attached hydrogen (secondary N) is 2. The number of hydrogen-bond acceptors (Lipinski definition) is 9. The predicted octanol–water partition coefficient (Wildman–Crippen LogP) is 3.05. The zero-order valence-corrected chi connectivity index (χ0v) is 21.1. The van der Waals surface area contributed by atoms with E-state index in [1.807, 2.05) is 43.3 Å². The summed E-state index contributed by atoms with van der Waals surface area (Å²) in [5.74, 6) is 0.411. The van der Waals surface area contributed by atoms with Gasteiger partial charge in [0, 0.05) is 62.1 Å². The first-order valence-electron chi connectivity index (χ1n) is 12.4. The number of hydrogen-bond donors (Lipinski definition) is 3. The molecule has 0 radical (unpaired) electrons. The van der Waals surface area contributed by atoms with Crippen molar-refractivity contribution in [3.63, 3.8) is 0 Å². The van der Waals surface area contributed by atoms with Gasteiger partial charge in [0.15, 0.2) is 0 Å². The summed E-state index contributed by atoms with van der Waals surface area (Å²) in [6.07, 6.45) is 1.68. The Morgan fingerprint density at radius 2 is 1.92 bits per heavy atom. The largest absolute Gasteiger partial charge is 0.395 e. The molecule has 3 N–H and O–H groups in total. The molecule has 188 valence electrons. The van der Waals surface area contributed by atoms with Gasteiger partial charge in [-0.25, -0.2) is 9.97 Å². The van der Waals surface area contributed by atoms with Crippen LogP contribution >= 0.6 is 0 Å². The van der Waals surface area contributed by atoms with Gasteiger partial charge in [-0.2, -0.15) is 10.5 Å². The molecule has 2 aliphatic rings. The molecule has 1 saturated heterocycles. The van der Waals surface area contributed by atoms with E-state index in [0.717, 1.165) is 60.8 Å². The fourth-order valence-electron chi connectivity index (χ4n) is 4.91. The number of piperazine rings is 1. The van der Waals surface area contributed by atoms with Crippen LogP contribution in [0.25, 0.3) is 11.3 Å². The average Bonchev–Trinajstić information content (AvgIpc) is 3.27. The van der Waals surface area contributed by atoms with Crippen molar-refractivity contribution in [3.8, 4) is 23.4 Å². The number of nitriles is 2. The van der Waals surface area contributed by atoms with Gasteiger partial charge in [0.25, 0.3) is 0 Å². The number of aromatic nitrogens is 2. The van der Waals surface area contributed by atoms with Crippen LogP contribution in [0, 0.1) is 22.7 Å². The van der Waals surface area contributed by atoms with Crippen LogP contribution < -0.4 is 10.6 Å². The number of likely N-dealkylation sites (N-methyl/N-ethyl adjacent to an activating group) is 1. The van der Waals surface area contributed by atoms with Gasteiger partial charge in [-0.05, 0) is 48.5 Å². The zero-order chi connectivity index (χ0) is 26.0. The Kier molecular flexibility index (Phi) is 6.77. The Morgan fingerprint density at radius 3 is 2.65 bits per heavy atom. The van der Waals surface area contributed by atoms with Crippen LogP contribution in [0.5, 0.6) is 0 Å². The molecule has 1 fully saturated rings. The van der Waals surface area contributed by atoms with Crippen LogP contribution in [0.3, 0.4) is 0 Å². The van der Waals surface area contributed by atoms with Crippen molar-refractivity contribution < 1.29 is 5.11 Å². The van der Waals surface area contributed by atoms with E-state index in [9.17, 15) is 15.6 Å². The molecular weight excluding hydrogens is 464 g/mol. The summed E-state index contributed by atoms with van der Waals surface area (Å²) < 4.78 is 0. The van der Waals surface area contributed by atoms with Crippen LogP contribution in [-0.2, 0) is 12.0 Å². The van der Waals surface area contributed by atoms with E-state index in [-0.39, 0.29) is 6.61 Å². The molecule has 2 aliphatic heterocycles. The fourth-order valence-corrected chi connectivity index (χ4v) is 4.91. The highest BCUT2D eigenvalue weighted by Crippen LogP contribution is 2.41. The predicted molar refractivity (Wildman–Crippen MR) is 142 cm³/mol. The number of aliphatic hydroxyl groups excluding tert-OH is 1. The molecule has 0 saturated carbocycles. The minimum Gasteiger partial charge on any atom is -0.395 e. The molecule has 9 nitrogen and oxygen atoms in total. The maximum atomic E-state index is 10.0. The third-order valence-corrected chi connectivity index (χ3v) is 7.34. The quantitative estimate of drug-likeness (QED) is 0.474. The molecular formula is C28H30N8O. The summed E-state index contributed by atoms with van der Waals surface area (Å²) in [6, 6.07) is 15.8. The van der Waals surface area contributed by atoms with E-state index in [0.29, 0.717) is 29.3 Å². The molecule has 0 aliphatic carbocycles. The molecule has 0 unspecified atom stereocenters. The first kappa shape index (κ1) is 24.7. The normalized spacial score (nSPS) is 19.5. The monoisotopic (exact) mass is 494 g/mol. The van der Waals surface area contributed by atoms with E-state index in [1.165, 1.54) is 0 Å². The third-order valence-electron chi connectivity index (χ3n) is 7.34. The maximum Gasteiger partial charge on any atom is 0.227 e. The number of benzene rings is 2. The molecule has 1 atom stereocenters. The number of anilines is 3. The summed E-state index contributed by atoms with van der Waals surface area (Å²) in [6.45, 7) is 7.33. The third kappa shape index (κ3) is 4.98. The molecule has 5 rings (SSSR count). The molecule has 1 aromatic heterocycles. The first-order chi connectivity index (χ1) is 17.9. The van der Waals surface area contributed by atoms with Crippen LogP contribution in [-0.4, -0.2) is 71.3 Å². The number of rotatable bonds is 6. The van der Waals surface area contributed by atoms with Crippen molar-refractivity contribution in [1.82, 2.24) is 19.8 Å². The summed E-state index contributed by atoms with van der Waals surface area (Å²) in [5, 5.41) is 35.9. The molecule has 9 heteroatoms. The maximum absolute atomic E-state index is 10.0. The smallest absolute Gasteiger partial charge is 0.227 e. The standard InChI is InChI=1S/C28H30N8O/c1-28(18-37)17-32-26-22(15-30)12-21(13-23(26)28)24-5-6-31-27(33-24)34-25-11-19(14-29)3-4-20(25)16-36-9-7-35(2)8-10-36/h3-6,11-13,32,37H,7-10,16-18H2,1-2H3,(H,31,33,34)/t28-/m1/s1. The van der Waals surface area contributed by atoms with Gasteiger partial charge < -0.3 is 20.6 Å². The highest BCUT2D eigenvalue weighted by atomic mass is 16.3. The van der Waals surface area contributed by atoms with Gasteiger partial charge in [-0.3, -0.25) is 4.90 Å². The van der Waals surface area contributed by atoms with Crippen LogP contribution in [0.1, 0.15) is 29.2 Å². The van der Waals surface area contributed by atoms with Crippen LogP contribution in [0.4, 0.5) is 17.3 Å². The Labute approximate surface area is 217 Å². The molecule has 37 heavy (non-hydrogen) atoms. The van der Waals surface area contributed by atoms with E-state index >= 15 is 0 Å². The van der Waals surface area contributed by atoms with E-state index < -0.39 is 5.41 Å². The van der Waals surface area contributed by atoms with Crippen molar-refractivity contribution in [2.24, 2.45) is 0 Å². The summed E-state index contributed by atoms with van der Waals surface area (Å²) in [4.78, 5) is 13.9. The topological polar surface area (TPSA) is 124 Å². The Morgan fingerprint density at radius 1 is 1.11 bits per heavy atom. The minimum atomic E-state index is -0.471. The van der Waals surface area contributed by atoms with Gasteiger partial charge in [-0.15, -0.1) is 0 Å². The summed E-state index contributed by atoms with van der Waals surface area (Å²) >= 11 is 0. The number of fused-ring (bicyclic) bond motifs is 1. The summed E-state index contributed by atoms with van der Waals surface area (Å²) in [7, 11) is 2.14. The lowest BCUT2D eigenvalue weighted by Crippen LogP contribution is -2.43. The molecule has 0 amide bonds. The van der Waals surface area contributed by atoms with E-state index in [2.05, 4.69) is 44.6 Å².